The van der Waals surface area contributed by atoms with E-state index in [2.05, 4.69) is 48.6 Å². The van der Waals surface area contributed by atoms with Crippen LogP contribution in [-0.2, 0) is 33.7 Å². The molecule has 1 aromatic heterocycles. The van der Waals surface area contributed by atoms with Gasteiger partial charge in [-0.25, -0.2) is 0 Å². The Morgan fingerprint density at radius 2 is 1.92 bits per heavy atom. The molecule has 0 bridgehead atoms. The second-order valence-electron chi connectivity index (χ2n) is 9.61. The smallest absolute Gasteiger partial charge is 0.310 e. The zero-order valence-electron chi connectivity index (χ0n) is 22.1. The number of carbonyl (C=O) groups is 1. The van der Waals surface area contributed by atoms with Gasteiger partial charge < -0.3 is 23.9 Å². The van der Waals surface area contributed by atoms with Gasteiger partial charge in [-0.15, -0.1) is 0 Å². The lowest BCUT2D eigenvalue weighted by Crippen LogP contribution is -2.18. The average Bonchev–Trinajstić information content (AvgIpc) is 3.61. The van der Waals surface area contributed by atoms with Gasteiger partial charge in [0.15, 0.2) is 5.58 Å². The number of nitrogens with one attached hydrogen (secondary N) is 1. The van der Waals surface area contributed by atoms with Gasteiger partial charge in [0.2, 0.25) is 0 Å². The van der Waals surface area contributed by atoms with Gasteiger partial charge in [-0.1, -0.05) is 49.4 Å². The predicted molar refractivity (Wildman–Crippen MR) is 150 cm³/mol. The summed E-state index contributed by atoms with van der Waals surface area (Å²) < 4.78 is 23.3. The fourth-order valence-corrected chi connectivity index (χ4v) is 4.91. The van der Waals surface area contributed by atoms with Crippen LogP contribution >= 0.6 is 0 Å². The summed E-state index contributed by atoms with van der Waals surface area (Å²) in [5, 5.41) is 4.59. The van der Waals surface area contributed by atoms with Crippen molar-refractivity contribution in [2.45, 2.75) is 52.2 Å². The number of aryl methyl sites for hydroxylation is 1. The van der Waals surface area contributed by atoms with Gasteiger partial charge in [-0.2, -0.15) is 0 Å². The summed E-state index contributed by atoms with van der Waals surface area (Å²) in [7, 11) is 0. The van der Waals surface area contributed by atoms with Crippen LogP contribution < -0.4 is 10.1 Å². The third-order valence-electron chi connectivity index (χ3n) is 6.96. The molecule has 1 saturated heterocycles. The molecule has 1 unspecified atom stereocenters. The van der Waals surface area contributed by atoms with Crippen molar-refractivity contribution in [2.75, 3.05) is 25.1 Å². The Hall–Kier alpha value is -3.77. The number of hydrogen-bond acceptors (Lipinski definition) is 6. The number of rotatable bonds is 11. The van der Waals surface area contributed by atoms with Gasteiger partial charge in [0, 0.05) is 29.7 Å². The largest absolute Gasteiger partial charge is 0.488 e. The van der Waals surface area contributed by atoms with Crippen molar-refractivity contribution in [3.63, 3.8) is 0 Å². The predicted octanol–water partition coefficient (Wildman–Crippen LogP) is 6.94. The highest BCUT2D eigenvalue weighted by atomic mass is 16.5. The first kappa shape index (κ1) is 25.9. The average molecular weight is 514 g/mol. The molecule has 6 heteroatoms. The SMILES string of the molecule is CCOC(=O)Cc1ccccc1OCc1coc2c(NCC3CCCO3)cc(-c3cccc(CC)c3)cc12. The summed E-state index contributed by atoms with van der Waals surface area (Å²) in [5.74, 6) is 0.400. The Balaban J connectivity index is 1.45. The number of ether oxygens (including phenoxy) is 3. The number of fused-ring (bicyclic) bond motifs is 1. The van der Waals surface area contributed by atoms with Gasteiger partial charge in [-0.05, 0) is 61.1 Å². The fraction of sp³-hybridized carbons (Fsp3) is 0.344. The van der Waals surface area contributed by atoms with E-state index in [1.807, 2.05) is 24.3 Å². The van der Waals surface area contributed by atoms with Crippen molar-refractivity contribution in [1.82, 2.24) is 0 Å². The Morgan fingerprint density at radius 1 is 1.03 bits per heavy atom. The third-order valence-corrected chi connectivity index (χ3v) is 6.96. The lowest BCUT2D eigenvalue weighted by molar-refractivity contribution is -0.142. The molecular weight excluding hydrogens is 478 g/mol. The van der Waals surface area contributed by atoms with E-state index in [0.29, 0.717) is 19.0 Å². The van der Waals surface area contributed by atoms with Crippen LogP contribution in [0.2, 0.25) is 0 Å². The van der Waals surface area contributed by atoms with Gasteiger partial charge in [0.05, 0.1) is 31.1 Å². The van der Waals surface area contributed by atoms with E-state index in [1.54, 1.807) is 13.2 Å². The number of hydrogen-bond donors (Lipinski definition) is 1. The number of anilines is 1. The van der Waals surface area contributed by atoms with Gasteiger partial charge in [0.25, 0.3) is 0 Å². The molecule has 3 aromatic carbocycles. The third kappa shape index (κ3) is 6.03. The maximum atomic E-state index is 12.1. The van der Waals surface area contributed by atoms with Gasteiger partial charge in [0.1, 0.15) is 12.4 Å². The number of para-hydroxylation sites is 1. The molecule has 1 fully saturated rings. The highest BCUT2D eigenvalue weighted by Gasteiger charge is 2.19. The lowest BCUT2D eigenvalue weighted by atomic mass is 9.99. The second kappa shape index (κ2) is 12.2. The summed E-state index contributed by atoms with van der Waals surface area (Å²) in [6.45, 7) is 6.21. The molecule has 6 nitrogen and oxygen atoms in total. The molecule has 4 aromatic rings. The van der Waals surface area contributed by atoms with Crippen LogP contribution in [0.25, 0.3) is 22.1 Å². The number of benzene rings is 3. The molecule has 1 aliphatic heterocycles. The van der Waals surface area contributed by atoms with Crippen LogP contribution in [0.1, 0.15) is 43.4 Å². The van der Waals surface area contributed by atoms with Crippen molar-refractivity contribution in [1.29, 1.82) is 0 Å². The van der Waals surface area contributed by atoms with Crippen molar-refractivity contribution >= 4 is 22.6 Å². The molecule has 1 N–H and O–H groups in total. The Morgan fingerprint density at radius 3 is 2.74 bits per heavy atom. The minimum atomic E-state index is -0.266. The van der Waals surface area contributed by atoms with Crippen molar-refractivity contribution in [3.8, 4) is 16.9 Å². The topological polar surface area (TPSA) is 69.9 Å². The van der Waals surface area contributed by atoms with Gasteiger partial charge in [-0.3, -0.25) is 4.79 Å². The zero-order valence-corrected chi connectivity index (χ0v) is 22.1. The van der Waals surface area contributed by atoms with E-state index in [9.17, 15) is 4.79 Å². The molecule has 38 heavy (non-hydrogen) atoms. The van der Waals surface area contributed by atoms with Gasteiger partial charge >= 0.3 is 5.97 Å². The van der Waals surface area contributed by atoms with Crippen LogP contribution in [0.3, 0.4) is 0 Å². The maximum absolute atomic E-state index is 12.1. The van der Waals surface area contributed by atoms with Crippen LogP contribution in [-0.4, -0.2) is 31.8 Å². The molecule has 0 amide bonds. The summed E-state index contributed by atoms with van der Waals surface area (Å²) in [4.78, 5) is 12.1. The Labute approximate surface area is 223 Å². The van der Waals surface area contributed by atoms with Crippen LogP contribution in [0.4, 0.5) is 5.69 Å². The summed E-state index contributed by atoms with van der Waals surface area (Å²) in [6.07, 6.45) is 5.30. The molecular formula is C32H35NO5. The van der Waals surface area contributed by atoms with E-state index >= 15 is 0 Å². The van der Waals surface area contributed by atoms with E-state index in [-0.39, 0.29) is 18.5 Å². The fourth-order valence-electron chi connectivity index (χ4n) is 4.91. The molecule has 1 atom stereocenters. The molecule has 0 saturated carbocycles. The molecule has 0 radical (unpaired) electrons. The molecule has 1 aliphatic rings. The minimum Gasteiger partial charge on any atom is -0.488 e. The molecule has 0 spiro atoms. The first-order chi connectivity index (χ1) is 18.6. The van der Waals surface area contributed by atoms with Crippen LogP contribution in [0, 0.1) is 0 Å². The summed E-state index contributed by atoms with van der Waals surface area (Å²) in [6, 6.07) is 20.6. The monoisotopic (exact) mass is 513 g/mol. The van der Waals surface area contributed by atoms with Crippen molar-refractivity contribution in [2.24, 2.45) is 0 Å². The number of esters is 1. The van der Waals surface area contributed by atoms with E-state index in [1.165, 1.54) is 11.1 Å². The normalized spacial score (nSPS) is 15.1. The Bertz CT molecular complexity index is 1390. The van der Waals surface area contributed by atoms with Crippen LogP contribution in [0.15, 0.2) is 71.3 Å². The highest BCUT2D eigenvalue weighted by molar-refractivity contribution is 5.96. The first-order valence-electron chi connectivity index (χ1n) is 13.5. The zero-order chi connectivity index (χ0) is 26.3. The van der Waals surface area contributed by atoms with E-state index in [0.717, 1.165) is 65.8 Å². The van der Waals surface area contributed by atoms with E-state index < -0.39 is 0 Å². The first-order valence-corrected chi connectivity index (χ1v) is 13.5. The number of carbonyl (C=O) groups excluding carboxylic acids is 1. The van der Waals surface area contributed by atoms with Crippen molar-refractivity contribution < 1.29 is 23.4 Å². The highest BCUT2D eigenvalue weighted by Crippen LogP contribution is 2.35. The van der Waals surface area contributed by atoms with Crippen LogP contribution in [0.5, 0.6) is 5.75 Å². The maximum Gasteiger partial charge on any atom is 0.310 e. The molecule has 198 valence electrons. The number of furan rings is 1. The van der Waals surface area contributed by atoms with E-state index in [4.69, 9.17) is 18.6 Å². The quantitative estimate of drug-likeness (QED) is 0.219. The molecule has 5 rings (SSSR count). The summed E-state index contributed by atoms with van der Waals surface area (Å²) >= 11 is 0. The summed E-state index contributed by atoms with van der Waals surface area (Å²) in [5.41, 5.74) is 7.08. The standard InChI is InChI=1S/C32H35NO5/c1-3-22-9-7-11-23(15-22)25-16-28-26(20-37-30-13-6-5-10-24(30)18-31(34)35-4-2)21-38-32(28)29(17-25)33-19-27-12-8-14-36-27/h5-7,9-11,13,15-17,21,27,33H,3-4,8,12,14,18-20H2,1-2H3. The Kier molecular flexibility index (Phi) is 8.29. The minimum absolute atomic E-state index is 0.172. The molecule has 2 heterocycles. The van der Waals surface area contributed by atoms with Crippen molar-refractivity contribution in [3.05, 3.63) is 83.6 Å². The second-order valence-corrected chi connectivity index (χ2v) is 9.61. The lowest BCUT2D eigenvalue weighted by Gasteiger charge is -2.14. The molecule has 0 aliphatic carbocycles.